The number of carbonyl (C=O) groups excluding carboxylic acids is 2. The number of rotatable bonds is 4. The zero-order valence-electron chi connectivity index (χ0n) is 8.15. The third-order valence-electron chi connectivity index (χ3n) is 1.28. The van der Waals surface area contributed by atoms with Gasteiger partial charge in [0.15, 0.2) is 0 Å². The van der Waals surface area contributed by atoms with Gasteiger partial charge in [-0.2, -0.15) is 0 Å². The molecule has 0 aliphatic carbocycles. The van der Waals surface area contributed by atoms with Crippen molar-refractivity contribution in [3.8, 4) is 0 Å². The summed E-state index contributed by atoms with van der Waals surface area (Å²) in [6, 6.07) is -0.551. The molecular weight excluding hydrogens is 213 g/mol. The molecule has 8 heteroatoms. The first kappa shape index (κ1) is 14.0. The van der Waals surface area contributed by atoms with Crippen LogP contribution in [0, 0.1) is 0 Å². The number of nitrogens with zero attached hydrogens (tertiary/aromatic N) is 1. The summed E-state index contributed by atoms with van der Waals surface area (Å²) in [6.45, 7) is -0.208. The molecule has 6 nitrogen and oxygen atoms in total. The largest absolute Gasteiger partial charge is 1.00 e. The molecule has 0 saturated heterocycles. The van der Waals surface area contributed by atoms with Gasteiger partial charge in [0.2, 0.25) is 0 Å². The first-order valence-corrected chi connectivity index (χ1v) is 4.66. The van der Waals surface area contributed by atoms with Crippen LogP contribution >= 0.6 is 11.3 Å². The van der Waals surface area contributed by atoms with Gasteiger partial charge in [-0.05, 0) is 0 Å². The third-order valence-corrected chi connectivity index (χ3v) is 2.06. The molecule has 0 spiro atoms. The van der Waals surface area contributed by atoms with E-state index in [4.69, 9.17) is 0 Å². The SMILES string of the molecule is O=C([O-])CNC(=O)NCc1nccs1.[Li+]. The van der Waals surface area contributed by atoms with Crippen LogP contribution in [-0.4, -0.2) is 23.5 Å². The Morgan fingerprint density at radius 3 is 2.73 bits per heavy atom. The van der Waals surface area contributed by atoms with Crippen molar-refractivity contribution in [3.63, 3.8) is 0 Å². The maximum atomic E-state index is 10.9. The van der Waals surface area contributed by atoms with E-state index in [2.05, 4.69) is 15.6 Å². The Morgan fingerprint density at radius 1 is 1.47 bits per heavy atom. The molecular formula is C7H8LiN3O3S. The molecule has 1 rings (SSSR count). The average molecular weight is 221 g/mol. The predicted octanol–water partition coefficient (Wildman–Crippen LogP) is -4.30. The molecule has 0 bridgehead atoms. The van der Waals surface area contributed by atoms with Crippen molar-refractivity contribution in [2.24, 2.45) is 0 Å². The molecule has 0 aromatic carbocycles. The maximum absolute atomic E-state index is 10.9. The number of hydrogen-bond donors (Lipinski definition) is 2. The van der Waals surface area contributed by atoms with Gasteiger partial charge >= 0.3 is 24.9 Å². The van der Waals surface area contributed by atoms with Gasteiger partial charge in [-0.3, -0.25) is 0 Å². The molecule has 1 heterocycles. The Morgan fingerprint density at radius 2 is 2.20 bits per heavy atom. The summed E-state index contributed by atoms with van der Waals surface area (Å²) in [5, 5.41) is 17.1. The smallest absolute Gasteiger partial charge is 0.548 e. The fourth-order valence-electron chi connectivity index (χ4n) is 0.711. The summed E-state index contributed by atoms with van der Waals surface area (Å²) in [6.07, 6.45) is 1.63. The van der Waals surface area contributed by atoms with Gasteiger partial charge in [-0.25, -0.2) is 9.78 Å². The number of aromatic nitrogens is 1. The number of nitrogens with one attached hydrogen (secondary N) is 2. The van der Waals surface area contributed by atoms with Gasteiger partial charge in [0.25, 0.3) is 0 Å². The van der Waals surface area contributed by atoms with E-state index >= 15 is 0 Å². The molecule has 0 unspecified atom stereocenters. The summed E-state index contributed by atoms with van der Waals surface area (Å²) in [5.41, 5.74) is 0. The Kier molecular flexibility index (Phi) is 6.78. The van der Waals surface area contributed by atoms with Crippen LogP contribution in [0.25, 0.3) is 0 Å². The number of hydrogen-bond acceptors (Lipinski definition) is 5. The second kappa shape index (κ2) is 7.28. The second-order valence-electron chi connectivity index (χ2n) is 2.33. The van der Waals surface area contributed by atoms with Gasteiger partial charge in [0.1, 0.15) is 5.01 Å². The molecule has 76 valence electrons. The Hall–Kier alpha value is -1.03. The monoisotopic (exact) mass is 221 g/mol. The number of aliphatic carboxylic acids is 1. The number of carboxylic acid groups (broad SMARTS) is 1. The molecule has 2 amide bonds. The topological polar surface area (TPSA) is 94.1 Å². The minimum absolute atomic E-state index is 0. The maximum Gasteiger partial charge on any atom is 1.00 e. The van der Waals surface area contributed by atoms with Gasteiger partial charge in [0.05, 0.1) is 19.1 Å². The van der Waals surface area contributed by atoms with Crippen molar-refractivity contribution in [2.45, 2.75) is 6.54 Å². The molecule has 0 fully saturated rings. The number of carboxylic acids is 1. The van der Waals surface area contributed by atoms with E-state index in [9.17, 15) is 14.7 Å². The molecule has 1 aromatic rings. The standard InChI is InChI=1S/C7H9N3O3S.Li/c11-6(12)4-10-7(13)9-3-5-8-1-2-14-5;/h1-2H,3-4H2,(H,11,12)(H2,9,10,13);/q;+1/p-1. The Balaban J connectivity index is 0.00000196. The molecule has 2 N–H and O–H groups in total. The first-order chi connectivity index (χ1) is 6.68. The predicted molar refractivity (Wildman–Crippen MR) is 47.4 cm³/mol. The van der Waals surface area contributed by atoms with Crippen LogP contribution < -0.4 is 34.6 Å². The number of urea groups is 1. The normalized spacial score (nSPS) is 8.80. The van der Waals surface area contributed by atoms with Gasteiger partial charge < -0.3 is 20.5 Å². The molecule has 0 saturated carbocycles. The van der Waals surface area contributed by atoms with E-state index in [0.717, 1.165) is 5.01 Å². The average Bonchev–Trinajstić information content (AvgIpc) is 2.63. The molecule has 0 aliphatic rings. The zero-order valence-corrected chi connectivity index (χ0v) is 8.97. The van der Waals surface area contributed by atoms with E-state index in [1.807, 2.05) is 0 Å². The quantitative estimate of drug-likeness (QED) is 0.503. The van der Waals surface area contributed by atoms with E-state index in [1.54, 1.807) is 11.6 Å². The zero-order chi connectivity index (χ0) is 10.4. The van der Waals surface area contributed by atoms with Gasteiger partial charge in [0, 0.05) is 11.6 Å². The Bertz CT molecular complexity index is 317. The summed E-state index contributed by atoms with van der Waals surface area (Å²) in [4.78, 5) is 24.8. The molecule has 1 aromatic heterocycles. The van der Waals surface area contributed by atoms with Crippen molar-refractivity contribution in [3.05, 3.63) is 16.6 Å². The summed E-state index contributed by atoms with van der Waals surface area (Å²) < 4.78 is 0. The van der Waals surface area contributed by atoms with Crippen molar-refractivity contribution in [1.29, 1.82) is 0 Å². The minimum Gasteiger partial charge on any atom is -0.548 e. The van der Waals surface area contributed by atoms with Gasteiger partial charge in [-0.15, -0.1) is 11.3 Å². The molecule has 0 atom stereocenters. The number of amides is 2. The molecule has 15 heavy (non-hydrogen) atoms. The van der Waals surface area contributed by atoms with Crippen LogP contribution in [0.4, 0.5) is 4.79 Å². The van der Waals surface area contributed by atoms with Crippen LogP contribution in [-0.2, 0) is 11.3 Å². The second-order valence-corrected chi connectivity index (χ2v) is 3.31. The van der Waals surface area contributed by atoms with Crippen molar-refractivity contribution in [2.75, 3.05) is 6.54 Å². The van der Waals surface area contributed by atoms with E-state index in [-0.39, 0.29) is 25.4 Å². The van der Waals surface area contributed by atoms with Crippen molar-refractivity contribution in [1.82, 2.24) is 15.6 Å². The summed E-state index contributed by atoms with van der Waals surface area (Å²) in [7, 11) is 0. The van der Waals surface area contributed by atoms with Crippen LogP contribution in [0.15, 0.2) is 11.6 Å². The Labute approximate surface area is 102 Å². The molecule has 0 aliphatic heterocycles. The van der Waals surface area contributed by atoms with Crippen LogP contribution in [0.1, 0.15) is 5.01 Å². The van der Waals surface area contributed by atoms with Crippen LogP contribution in [0.3, 0.4) is 0 Å². The fourth-order valence-corrected chi connectivity index (χ4v) is 1.27. The summed E-state index contributed by atoms with van der Waals surface area (Å²) in [5.74, 6) is -1.32. The number of thiazole rings is 1. The van der Waals surface area contributed by atoms with Crippen LogP contribution in [0.2, 0.25) is 0 Å². The molecule has 0 radical (unpaired) electrons. The minimum atomic E-state index is -1.32. The van der Waals surface area contributed by atoms with E-state index in [1.165, 1.54) is 11.3 Å². The third kappa shape index (κ3) is 6.12. The van der Waals surface area contributed by atoms with Crippen molar-refractivity contribution < 1.29 is 33.6 Å². The summed E-state index contributed by atoms with van der Waals surface area (Å²) >= 11 is 1.41. The van der Waals surface area contributed by atoms with E-state index < -0.39 is 18.5 Å². The van der Waals surface area contributed by atoms with Gasteiger partial charge in [-0.1, -0.05) is 0 Å². The van der Waals surface area contributed by atoms with Crippen molar-refractivity contribution >= 4 is 23.3 Å². The first-order valence-electron chi connectivity index (χ1n) is 3.78. The van der Waals surface area contributed by atoms with Crippen LogP contribution in [0.5, 0.6) is 0 Å². The number of carbonyl (C=O) groups is 2. The fraction of sp³-hybridized carbons (Fsp3) is 0.286. The van der Waals surface area contributed by atoms with E-state index in [0.29, 0.717) is 0 Å².